The summed E-state index contributed by atoms with van der Waals surface area (Å²) in [4.78, 5) is 14.7. The average molecular weight is 467 g/mol. The summed E-state index contributed by atoms with van der Waals surface area (Å²) < 4.78 is 22.2. The van der Waals surface area contributed by atoms with E-state index in [0.717, 1.165) is 34.1 Å². The van der Waals surface area contributed by atoms with E-state index in [4.69, 9.17) is 18.9 Å². The zero-order valence-corrected chi connectivity index (χ0v) is 20.6. The lowest BCUT2D eigenvalue weighted by atomic mass is 10.0. The van der Waals surface area contributed by atoms with Crippen LogP contribution in [0.2, 0.25) is 0 Å². The fourth-order valence-corrected chi connectivity index (χ4v) is 3.88. The van der Waals surface area contributed by atoms with Crippen LogP contribution in [0.25, 0.3) is 10.8 Å². The maximum atomic E-state index is 12.7. The molecule has 0 saturated heterocycles. The van der Waals surface area contributed by atoms with Gasteiger partial charge in [0.25, 0.3) is 0 Å². The fraction of sp³-hybridized carbons (Fsp3) is 0.370. The minimum absolute atomic E-state index is 0.0874. The Labute approximate surface area is 201 Å². The monoisotopic (exact) mass is 466 g/mol. The van der Waals surface area contributed by atoms with Gasteiger partial charge in [-0.2, -0.15) is 0 Å². The molecule has 3 aromatic carbocycles. The van der Waals surface area contributed by atoms with Crippen LogP contribution >= 0.6 is 0 Å². The van der Waals surface area contributed by atoms with Crippen molar-refractivity contribution in [1.29, 1.82) is 0 Å². The van der Waals surface area contributed by atoms with Crippen molar-refractivity contribution >= 4 is 16.7 Å². The van der Waals surface area contributed by atoms with Crippen LogP contribution in [-0.2, 0) is 17.9 Å². The summed E-state index contributed by atoms with van der Waals surface area (Å²) in [7, 11) is 6.67. The lowest BCUT2D eigenvalue weighted by Gasteiger charge is -2.21. The van der Waals surface area contributed by atoms with Gasteiger partial charge in [-0.25, -0.2) is 0 Å². The molecule has 0 unspecified atom stereocenters. The van der Waals surface area contributed by atoms with Crippen molar-refractivity contribution in [3.63, 3.8) is 0 Å². The molecule has 1 amide bonds. The second-order valence-corrected chi connectivity index (χ2v) is 8.08. The molecule has 0 bridgehead atoms. The van der Waals surface area contributed by atoms with E-state index in [1.807, 2.05) is 36.2 Å². The maximum Gasteiger partial charge on any atom is 0.234 e. The van der Waals surface area contributed by atoms with Crippen LogP contribution in [-0.4, -0.2) is 52.3 Å². The van der Waals surface area contributed by atoms with Crippen LogP contribution in [0, 0.1) is 0 Å². The topological polar surface area (TPSA) is 69.3 Å². The van der Waals surface area contributed by atoms with Gasteiger partial charge in [0.2, 0.25) is 5.91 Å². The van der Waals surface area contributed by atoms with Crippen LogP contribution in [0.3, 0.4) is 0 Å². The molecule has 7 heteroatoms. The first-order valence-electron chi connectivity index (χ1n) is 11.4. The molecule has 0 heterocycles. The molecular formula is C27H34N2O5. The highest BCUT2D eigenvalue weighted by Crippen LogP contribution is 2.34. The van der Waals surface area contributed by atoms with Crippen molar-refractivity contribution in [1.82, 2.24) is 10.2 Å². The number of ether oxygens (including phenoxy) is 4. The van der Waals surface area contributed by atoms with E-state index < -0.39 is 0 Å². The molecule has 0 aliphatic heterocycles. The van der Waals surface area contributed by atoms with Gasteiger partial charge in [-0.05, 0) is 36.4 Å². The van der Waals surface area contributed by atoms with Crippen LogP contribution in [0.4, 0.5) is 0 Å². The molecule has 0 spiro atoms. The van der Waals surface area contributed by atoms with Crippen molar-refractivity contribution in [2.75, 3.05) is 41.5 Å². The standard InChI is InChI=1S/C27H34N2O5/c1-6-13-34-23-12-11-19-9-7-8-10-21(19)22(23)17-29(2)18-27(30)28-16-20-14-25(32-4)26(33-5)15-24(20)31-3/h7-12,14-15H,6,13,16-18H2,1-5H3,(H,28,30). The van der Waals surface area contributed by atoms with E-state index in [1.54, 1.807) is 27.4 Å². The molecule has 0 atom stereocenters. The number of rotatable bonds is 12. The summed E-state index contributed by atoms with van der Waals surface area (Å²) in [5.74, 6) is 2.56. The third-order valence-electron chi connectivity index (χ3n) is 5.56. The zero-order valence-electron chi connectivity index (χ0n) is 20.6. The average Bonchev–Trinajstić information content (AvgIpc) is 2.86. The Morgan fingerprint density at radius 3 is 2.32 bits per heavy atom. The van der Waals surface area contributed by atoms with Gasteiger partial charge in [-0.15, -0.1) is 0 Å². The Kier molecular flexibility index (Phi) is 8.99. The Morgan fingerprint density at radius 2 is 1.62 bits per heavy atom. The van der Waals surface area contributed by atoms with Crippen LogP contribution in [0.5, 0.6) is 23.0 Å². The van der Waals surface area contributed by atoms with Gasteiger partial charge in [0.05, 0.1) is 34.5 Å². The molecule has 34 heavy (non-hydrogen) atoms. The van der Waals surface area contributed by atoms with Gasteiger partial charge in [-0.3, -0.25) is 9.69 Å². The zero-order chi connectivity index (χ0) is 24.5. The van der Waals surface area contributed by atoms with Gasteiger partial charge in [-0.1, -0.05) is 37.3 Å². The van der Waals surface area contributed by atoms with Gasteiger partial charge >= 0.3 is 0 Å². The largest absolute Gasteiger partial charge is 0.496 e. The summed E-state index contributed by atoms with van der Waals surface area (Å²) in [5.41, 5.74) is 1.89. The molecule has 0 aliphatic carbocycles. The summed E-state index contributed by atoms with van der Waals surface area (Å²) in [6.07, 6.45) is 0.935. The highest BCUT2D eigenvalue weighted by Gasteiger charge is 2.16. The molecule has 0 fully saturated rings. The smallest absolute Gasteiger partial charge is 0.234 e. The number of carbonyl (C=O) groups excluding carboxylic acids is 1. The molecule has 3 rings (SSSR count). The first kappa shape index (κ1) is 25.2. The van der Waals surface area contributed by atoms with Crippen molar-refractivity contribution in [2.45, 2.75) is 26.4 Å². The summed E-state index contributed by atoms with van der Waals surface area (Å²) >= 11 is 0. The van der Waals surface area contributed by atoms with Gasteiger partial charge in [0.15, 0.2) is 11.5 Å². The summed E-state index contributed by atoms with van der Waals surface area (Å²) in [6, 6.07) is 15.9. The molecule has 1 N–H and O–H groups in total. The summed E-state index contributed by atoms with van der Waals surface area (Å²) in [5, 5.41) is 5.27. The quantitative estimate of drug-likeness (QED) is 0.427. The number of amides is 1. The lowest BCUT2D eigenvalue weighted by molar-refractivity contribution is -0.122. The second-order valence-electron chi connectivity index (χ2n) is 8.08. The van der Waals surface area contributed by atoms with Gasteiger partial charge in [0, 0.05) is 30.3 Å². The normalized spacial score (nSPS) is 10.9. The third-order valence-corrected chi connectivity index (χ3v) is 5.56. The maximum absolute atomic E-state index is 12.7. The summed E-state index contributed by atoms with van der Waals surface area (Å²) in [6.45, 7) is 3.89. The molecule has 3 aromatic rings. The van der Waals surface area contributed by atoms with Crippen LogP contribution in [0.1, 0.15) is 24.5 Å². The minimum Gasteiger partial charge on any atom is -0.496 e. The first-order valence-corrected chi connectivity index (χ1v) is 11.4. The SMILES string of the molecule is CCCOc1ccc2ccccc2c1CN(C)CC(=O)NCc1cc(OC)c(OC)cc1OC. The van der Waals surface area contributed by atoms with E-state index in [9.17, 15) is 4.79 Å². The Hall–Kier alpha value is -3.45. The predicted octanol–water partition coefficient (Wildman–Crippen LogP) is 4.40. The number of hydrogen-bond acceptors (Lipinski definition) is 6. The Morgan fingerprint density at radius 1 is 0.912 bits per heavy atom. The Bertz CT molecular complexity index is 1120. The van der Waals surface area contributed by atoms with Crippen LogP contribution < -0.4 is 24.3 Å². The number of likely N-dealkylation sites (N-methyl/N-ethyl adjacent to an activating group) is 1. The van der Waals surface area contributed by atoms with Crippen molar-refractivity contribution in [2.24, 2.45) is 0 Å². The lowest BCUT2D eigenvalue weighted by Crippen LogP contribution is -2.34. The number of fused-ring (bicyclic) bond motifs is 1. The third kappa shape index (κ3) is 6.11. The number of methoxy groups -OCH3 is 3. The highest BCUT2D eigenvalue weighted by atomic mass is 16.5. The van der Waals surface area contributed by atoms with Gasteiger partial charge < -0.3 is 24.3 Å². The van der Waals surface area contributed by atoms with Crippen molar-refractivity contribution < 1.29 is 23.7 Å². The van der Waals surface area contributed by atoms with E-state index >= 15 is 0 Å². The molecular weight excluding hydrogens is 432 g/mol. The number of nitrogens with zero attached hydrogens (tertiary/aromatic N) is 1. The number of benzene rings is 3. The van der Waals surface area contributed by atoms with Gasteiger partial charge in [0.1, 0.15) is 11.5 Å². The van der Waals surface area contributed by atoms with Crippen LogP contribution in [0.15, 0.2) is 48.5 Å². The highest BCUT2D eigenvalue weighted by molar-refractivity contribution is 5.88. The molecule has 0 aromatic heterocycles. The van der Waals surface area contributed by atoms with Crippen molar-refractivity contribution in [3.8, 4) is 23.0 Å². The number of carbonyl (C=O) groups is 1. The predicted molar refractivity (Wildman–Crippen MR) is 134 cm³/mol. The van der Waals surface area contributed by atoms with Crippen molar-refractivity contribution in [3.05, 3.63) is 59.7 Å². The minimum atomic E-state index is -0.0874. The number of hydrogen-bond donors (Lipinski definition) is 1. The molecule has 0 aliphatic rings. The molecule has 0 radical (unpaired) electrons. The van der Waals surface area contributed by atoms with E-state index in [0.29, 0.717) is 36.9 Å². The second kappa shape index (κ2) is 12.1. The molecule has 0 saturated carbocycles. The van der Waals surface area contributed by atoms with E-state index in [2.05, 4.69) is 30.4 Å². The fourth-order valence-electron chi connectivity index (χ4n) is 3.88. The van der Waals surface area contributed by atoms with E-state index in [-0.39, 0.29) is 12.5 Å². The van der Waals surface area contributed by atoms with E-state index in [1.165, 1.54) is 0 Å². The molecule has 7 nitrogen and oxygen atoms in total. The molecule has 182 valence electrons. The first-order chi connectivity index (χ1) is 16.5. The Balaban J connectivity index is 1.69. The number of nitrogens with one attached hydrogen (secondary N) is 1.